The van der Waals surface area contributed by atoms with E-state index in [9.17, 15) is 4.79 Å². The number of carbonyl (C=O) groups is 1. The van der Waals surface area contributed by atoms with Gasteiger partial charge in [-0.1, -0.05) is 15.9 Å². The fraction of sp³-hybridized carbons (Fsp3) is 0.231. The fourth-order valence-electron chi connectivity index (χ4n) is 2.11. The number of fused-ring (bicyclic) bond motifs is 1. The maximum absolute atomic E-state index is 12.1. The molecule has 2 heterocycles. The van der Waals surface area contributed by atoms with Crippen LogP contribution < -0.4 is 10.6 Å². The largest absolute Gasteiger partial charge is 0.312 e. The zero-order chi connectivity index (χ0) is 13.2. The molecule has 3 rings (SSSR count). The summed E-state index contributed by atoms with van der Waals surface area (Å²) in [6, 6.07) is 7.24. The van der Waals surface area contributed by atoms with Crippen LogP contribution in [-0.4, -0.2) is 22.6 Å². The molecule has 0 aliphatic carbocycles. The van der Waals surface area contributed by atoms with E-state index in [-0.39, 0.29) is 5.91 Å². The van der Waals surface area contributed by atoms with E-state index in [1.54, 1.807) is 12.1 Å². The van der Waals surface area contributed by atoms with E-state index in [1.165, 1.54) is 0 Å². The summed E-state index contributed by atoms with van der Waals surface area (Å²) < 4.78 is 0.949. The third kappa shape index (κ3) is 2.54. The number of nitrogens with zero attached hydrogens (tertiary/aromatic N) is 1. The summed E-state index contributed by atoms with van der Waals surface area (Å²) in [7, 11) is 0. The molecule has 19 heavy (non-hydrogen) atoms. The minimum Gasteiger partial charge on any atom is -0.312 e. The van der Waals surface area contributed by atoms with Gasteiger partial charge in [-0.05, 0) is 24.3 Å². The molecule has 0 radical (unpaired) electrons. The Morgan fingerprint density at radius 3 is 2.89 bits per heavy atom. The highest BCUT2D eigenvalue weighted by Crippen LogP contribution is 2.20. The second kappa shape index (κ2) is 5.14. The number of rotatable bonds is 2. The van der Waals surface area contributed by atoms with Crippen LogP contribution in [0.2, 0.25) is 0 Å². The molecule has 0 spiro atoms. The highest BCUT2D eigenvalue weighted by Gasteiger charge is 2.18. The quantitative estimate of drug-likeness (QED) is 0.793. The number of amides is 1. The molecule has 5 nitrogen and oxygen atoms in total. The van der Waals surface area contributed by atoms with Crippen molar-refractivity contribution in [3.8, 4) is 0 Å². The molecular weight excluding hydrogens is 308 g/mol. The number of hydrogen-bond donors (Lipinski definition) is 3. The van der Waals surface area contributed by atoms with Crippen LogP contribution in [0.25, 0.3) is 0 Å². The first-order chi connectivity index (χ1) is 9.24. The average molecular weight is 321 g/mol. The lowest BCUT2D eigenvalue weighted by molar-refractivity contribution is 0.102. The third-order valence-corrected chi connectivity index (χ3v) is 3.67. The predicted molar refractivity (Wildman–Crippen MR) is 76.1 cm³/mol. The zero-order valence-electron chi connectivity index (χ0n) is 10.2. The van der Waals surface area contributed by atoms with Gasteiger partial charge in [0.15, 0.2) is 5.82 Å². The van der Waals surface area contributed by atoms with Crippen molar-refractivity contribution < 1.29 is 4.79 Å². The van der Waals surface area contributed by atoms with E-state index >= 15 is 0 Å². The molecule has 0 saturated heterocycles. The van der Waals surface area contributed by atoms with E-state index in [2.05, 4.69) is 36.8 Å². The van der Waals surface area contributed by atoms with Gasteiger partial charge in [0.1, 0.15) is 0 Å². The number of anilines is 1. The van der Waals surface area contributed by atoms with Crippen LogP contribution in [0, 0.1) is 0 Å². The van der Waals surface area contributed by atoms with E-state index < -0.39 is 0 Å². The van der Waals surface area contributed by atoms with E-state index in [0.717, 1.165) is 35.2 Å². The molecule has 98 valence electrons. The van der Waals surface area contributed by atoms with Crippen LogP contribution >= 0.6 is 15.9 Å². The highest BCUT2D eigenvalue weighted by atomic mass is 79.9. The molecule has 1 aliphatic heterocycles. The molecule has 3 N–H and O–H groups in total. The number of aromatic nitrogens is 2. The number of H-pyrrole nitrogens is 1. The minimum atomic E-state index is -0.146. The Morgan fingerprint density at radius 1 is 1.32 bits per heavy atom. The molecule has 0 bridgehead atoms. The third-order valence-electron chi connectivity index (χ3n) is 3.14. The van der Waals surface area contributed by atoms with Crippen LogP contribution in [0.1, 0.15) is 21.6 Å². The molecule has 1 aromatic carbocycles. The van der Waals surface area contributed by atoms with Gasteiger partial charge < -0.3 is 10.6 Å². The van der Waals surface area contributed by atoms with Crippen LogP contribution in [0.3, 0.4) is 0 Å². The molecule has 1 aromatic heterocycles. The van der Waals surface area contributed by atoms with Gasteiger partial charge >= 0.3 is 0 Å². The number of carbonyl (C=O) groups excluding carboxylic acids is 1. The lowest BCUT2D eigenvalue weighted by Gasteiger charge is -2.13. The lowest BCUT2D eigenvalue weighted by atomic mass is 10.1. The number of halogens is 1. The minimum absolute atomic E-state index is 0.146. The van der Waals surface area contributed by atoms with Gasteiger partial charge in [0.25, 0.3) is 5.91 Å². The van der Waals surface area contributed by atoms with Gasteiger partial charge in [-0.3, -0.25) is 9.89 Å². The Labute approximate surface area is 118 Å². The standard InChI is InChI=1S/C13H13BrN4O/c14-9-3-1-8(2-4-9)13(19)16-12-10-7-15-6-5-11(10)17-18-12/h1-4,15H,5-7H2,(H2,16,17,18,19). The number of nitrogens with one attached hydrogen (secondary N) is 3. The average Bonchev–Trinajstić information content (AvgIpc) is 2.83. The van der Waals surface area contributed by atoms with Gasteiger partial charge in [-0.15, -0.1) is 0 Å². The Hall–Kier alpha value is -1.66. The lowest BCUT2D eigenvalue weighted by Crippen LogP contribution is -2.24. The molecule has 0 atom stereocenters. The van der Waals surface area contributed by atoms with E-state index in [1.807, 2.05) is 12.1 Å². The van der Waals surface area contributed by atoms with Gasteiger partial charge in [0.05, 0.1) is 0 Å². The maximum Gasteiger partial charge on any atom is 0.256 e. The SMILES string of the molecule is O=C(Nc1n[nH]c2c1CNCC2)c1ccc(Br)cc1. The fourth-order valence-corrected chi connectivity index (χ4v) is 2.37. The van der Waals surface area contributed by atoms with Crippen LogP contribution in [0.4, 0.5) is 5.82 Å². The molecule has 0 saturated carbocycles. The summed E-state index contributed by atoms with van der Waals surface area (Å²) >= 11 is 3.35. The Kier molecular flexibility index (Phi) is 3.35. The van der Waals surface area contributed by atoms with E-state index in [4.69, 9.17) is 0 Å². The summed E-state index contributed by atoms with van der Waals surface area (Å²) in [6.45, 7) is 1.68. The van der Waals surface area contributed by atoms with Crippen molar-refractivity contribution in [2.75, 3.05) is 11.9 Å². The van der Waals surface area contributed by atoms with Gasteiger partial charge in [-0.2, -0.15) is 5.10 Å². The van der Waals surface area contributed by atoms with E-state index in [0.29, 0.717) is 11.4 Å². The predicted octanol–water partition coefficient (Wildman–Crippen LogP) is 2.07. The molecule has 0 fully saturated rings. The van der Waals surface area contributed by atoms with Gasteiger partial charge in [0, 0.05) is 40.8 Å². The number of aromatic amines is 1. The summed E-state index contributed by atoms with van der Waals surface area (Å²) in [5.41, 5.74) is 2.77. The van der Waals surface area contributed by atoms with Crippen LogP contribution in [0.5, 0.6) is 0 Å². The Balaban J connectivity index is 1.79. The second-order valence-corrected chi connectivity index (χ2v) is 5.33. The van der Waals surface area contributed by atoms with Crippen molar-refractivity contribution in [3.05, 3.63) is 45.6 Å². The van der Waals surface area contributed by atoms with Crippen molar-refractivity contribution in [3.63, 3.8) is 0 Å². The molecular formula is C13H13BrN4O. The normalized spacial score (nSPS) is 13.9. The first-order valence-electron chi connectivity index (χ1n) is 6.08. The van der Waals surface area contributed by atoms with Crippen molar-refractivity contribution in [2.45, 2.75) is 13.0 Å². The zero-order valence-corrected chi connectivity index (χ0v) is 11.8. The molecule has 2 aromatic rings. The maximum atomic E-state index is 12.1. The smallest absolute Gasteiger partial charge is 0.256 e. The highest BCUT2D eigenvalue weighted by molar-refractivity contribution is 9.10. The summed E-state index contributed by atoms with van der Waals surface area (Å²) in [6.07, 6.45) is 0.913. The summed E-state index contributed by atoms with van der Waals surface area (Å²) in [4.78, 5) is 12.1. The monoisotopic (exact) mass is 320 g/mol. The van der Waals surface area contributed by atoms with Crippen molar-refractivity contribution in [1.82, 2.24) is 15.5 Å². The van der Waals surface area contributed by atoms with Gasteiger partial charge in [-0.25, -0.2) is 0 Å². The topological polar surface area (TPSA) is 69.8 Å². The Morgan fingerprint density at radius 2 is 2.11 bits per heavy atom. The van der Waals surface area contributed by atoms with Crippen LogP contribution in [0.15, 0.2) is 28.7 Å². The van der Waals surface area contributed by atoms with Crippen molar-refractivity contribution in [1.29, 1.82) is 0 Å². The number of benzene rings is 1. The molecule has 1 aliphatic rings. The second-order valence-electron chi connectivity index (χ2n) is 4.42. The van der Waals surface area contributed by atoms with Gasteiger partial charge in [0.2, 0.25) is 0 Å². The molecule has 6 heteroatoms. The molecule has 0 unspecified atom stereocenters. The first-order valence-corrected chi connectivity index (χ1v) is 6.87. The molecule has 1 amide bonds. The van der Waals surface area contributed by atoms with Crippen LogP contribution in [-0.2, 0) is 13.0 Å². The summed E-state index contributed by atoms with van der Waals surface area (Å²) in [5, 5.41) is 13.3. The summed E-state index contributed by atoms with van der Waals surface area (Å²) in [5.74, 6) is 0.475. The first kappa shape index (κ1) is 12.4. The number of hydrogen-bond acceptors (Lipinski definition) is 3. The Bertz CT molecular complexity index is 606. The van der Waals surface area contributed by atoms with Crippen molar-refractivity contribution >= 4 is 27.7 Å². The van der Waals surface area contributed by atoms with Crippen molar-refractivity contribution in [2.24, 2.45) is 0 Å².